The van der Waals surface area contributed by atoms with Crippen LogP contribution in [0.25, 0.3) is 0 Å². The summed E-state index contributed by atoms with van der Waals surface area (Å²) in [4.78, 5) is 37.4. The Morgan fingerprint density at radius 3 is 2.96 bits per heavy atom. The Hall–Kier alpha value is -2.57. The Morgan fingerprint density at radius 2 is 2.23 bits per heavy atom. The maximum absolute atomic E-state index is 12.3. The molecule has 0 bridgehead atoms. The fourth-order valence-electron chi connectivity index (χ4n) is 3.34. The van der Waals surface area contributed by atoms with Gasteiger partial charge in [0.25, 0.3) is 5.91 Å². The largest absolute Gasteiger partial charge is 0.467 e. The predicted molar refractivity (Wildman–Crippen MR) is 95.0 cm³/mol. The minimum absolute atomic E-state index is 0.0899. The summed E-state index contributed by atoms with van der Waals surface area (Å²) in [5, 5.41) is 5.53. The summed E-state index contributed by atoms with van der Waals surface area (Å²) in [5.41, 5.74) is 1.42. The van der Waals surface area contributed by atoms with Crippen LogP contribution in [0.1, 0.15) is 50.7 Å². The number of hydrogen-bond acceptors (Lipinski definition) is 4. The summed E-state index contributed by atoms with van der Waals surface area (Å²) < 4.78 is 5.18. The number of nitrogens with one attached hydrogen (secondary N) is 2. The normalized spacial score (nSPS) is 20.1. The van der Waals surface area contributed by atoms with Gasteiger partial charge in [-0.2, -0.15) is 0 Å². The highest BCUT2D eigenvalue weighted by molar-refractivity contribution is 6.04. The van der Waals surface area contributed by atoms with E-state index in [1.165, 1.54) is 24.7 Å². The van der Waals surface area contributed by atoms with Gasteiger partial charge in [0, 0.05) is 13.0 Å². The lowest BCUT2D eigenvalue weighted by molar-refractivity contribution is -0.128. The van der Waals surface area contributed by atoms with Crippen LogP contribution in [-0.2, 0) is 16.1 Å². The molecule has 2 N–H and O–H groups in total. The average molecular weight is 359 g/mol. The molecule has 1 aliphatic carbocycles. The van der Waals surface area contributed by atoms with Crippen molar-refractivity contribution < 1.29 is 18.8 Å². The molecule has 0 aromatic carbocycles. The number of urea groups is 1. The second-order valence-electron chi connectivity index (χ2n) is 6.75. The molecule has 0 saturated carbocycles. The molecule has 140 valence electrons. The van der Waals surface area contributed by atoms with Crippen molar-refractivity contribution in [2.75, 3.05) is 6.54 Å². The lowest BCUT2D eigenvalue weighted by atomic mass is 9.97. The molecule has 1 atom stereocenters. The highest BCUT2D eigenvalue weighted by Crippen LogP contribution is 2.19. The monoisotopic (exact) mass is 359 g/mol. The van der Waals surface area contributed by atoms with Gasteiger partial charge >= 0.3 is 6.03 Å². The van der Waals surface area contributed by atoms with Crippen LogP contribution in [0.5, 0.6) is 0 Å². The smallest absolute Gasteiger partial charge is 0.325 e. The van der Waals surface area contributed by atoms with Crippen molar-refractivity contribution >= 4 is 17.8 Å². The summed E-state index contributed by atoms with van der Waals surface area (Å²) in [6.07, 6.45) is 9.94. The van der Waals surface area contributed by atoms with Gasteiger partial charge in [0.2, 0.25) is 5.91 Å². The molecular formula is C19H25N3O4. The molecular weight excluding hydrogens is 334 g/mol. The minimum Gasteiger partial charge on any atom is -0.467 e. The van der Waals surface area contributed by atoms with Crippen molar-refractivity contribution in [3.63, 3.8) is 0 Å². The van der Waals surface area contributed by atoms with E-state index < -0.39 is 12.1 Å². The van der Waals surface area contributed by atoms with E-state index in [1.54, 1.807) is 12.1 Å². The van der Waals surface area contributed by atoms with Crippen LogP contribution in [0.3, 0.4) is 0 Å². The van der Waals surface area contributed by atoms with Crippen LogP contribution in [0.2, 0.25) is 0 Å². The van der Waals surface area contributed by atoms with Crippen LogP contribution < -0.4 is 10.6 Å². The van der Waals surface area contributed by atoms with Crippen molar-refractivity contribution in [1.29, 1.82) is 0 Å². The average Bonchev–Trinajstić information content (AvgIpc) is 3.25. The fourth-order valence-corrected chi connectivity index (χ4v) is 3.34. The minimum atomic E-state index is -0.649. The van der Waals surface area contributed by atoms with E-state index >= 15 is 0 Å². The molecule has 7 heteroatoms. The number of imide groups is 1. The number of carbonyl (C=O) groups is 3. The van der Waals surface area contributed by atoms with E-state index in [-0.39, 0.29) is 24.8 Å². The number of carbonyl (C=O) groups excluding carboxylic acids is 3. The van der Waals surface area contributed by atoms with Gasteiger partial charge in [-0.25, -0.2) is 4.79 Å². The first kappa shape index (κ1) is 18.2. The maximum atomic E-state index is 12.3. The van der Waals surface area contributed by atoms with Gasteiger partial charge in [0.15, 0.2) is 0 Å². The summed E-state index contributed by atoms with van der Waals surface area (Å²) in [5.74, 6) is 0.142. The quantitative estimate of drug-likeness (QED) is 0.551. The zero-order valence-corrected chi connectivity index (χ0v) is 14.8. The number of furan rings is 1. The van der Waals surface area contributed by atoms with E-state index in [0.29, 0.717) is 18.7 Å². The highest BCUT2D eigenvalue weighted by atomic mass is 16.3. The van der Waals surface area contributed by atoms with E-state index in [4.69, 9.17) is 4.42 Å². The highest BCUT2D eigenvalue weighted by Gasteiger charge is 2.38. The SMILES string of the molecule is O=C(CCC1NC(=O)N(Cc2ccco2)C1=O)NCCC1=CCCCC1. The molecule has 0 spiro atoms. The second-order valence-corrected chi connectivity index (χ2v) is 6.75. The molecule has 26 heavy (non-hydrogen) atoms. The van der Waals surface area contributed by atoms with Crippen molar-refractivity contribution in [2.45, 2.75) is 57.5 Å². The zero-order chi connectivity index (χ0) is 18.4. The number of rotatable bonds is 8. The molecule has 1 unspecified atom stereocenters. The van der Waals surface area contributed by atoms with Crippen molar-refractivity contribution in [3.8, 4) is 0 Å². The number of amides is 4. The van der Waals surface area contributed by atoms with Crippen LogP contribution in [0.4, 0.5) is 4.79 Å². The molecule has 2 heterocycles. The molecule has 1 aliphatic heterocycles. The molecule has 0 radical (unpaired) electrons. The Kier molecular flexibility index (Phi) is 6.09. The number of hydrogen-bond donors (Lipinski definition) is 2. The molecule has 1 fully saturated rings. The van der Waals surface area contributed by atoms with Gasteiger partial charge in [0.1, 0.15) is 11.8 Å². The standard InChI is InChI=1S/C19H25N3O4/c23-17(20-11-10-14-5-2-1-3-6-14)9-8-16-18(24)22(19(25)21-16)13-15-7-4-12-26-15/h4-5,7,12,16H,1-3,6,8-11,13H2,(H,20,23)(H,21,25). The number of allylic oxidation sites excluding steroid dienone is 1. The molecule has 1 saturated heterocycles. The predicted octanol–water partition coefficient (Wildman–Crippen LogP) is 2.49. The van der Waals surface area contributed by atoms with Gasteiger partial charge in [-0.1, -0.05) is 11.6 Å². The zero-order valence-electron chi connectivity index (χ0n) is 14.8. The molecule has 1 aromatic heterocycles. The molecule has 1 aromatic rings. The molecule has 2 aliphatic rings. The van der Waals surface area contributed by atoms with Crippen LogP contribution in [0, 0.1) is 0 Å². The van der Waals surface area contributed by atoms with Crippen molar-refractivity contribution in [2.24, 2.45) is 0 Å². The number of nitrogens with zero attached hydrogens (tertiary/aromatic N) is 1. The van der Waals surface area contributed by atoms with E-state index in [9.17, 15) is 14.4 Å². The Morgan fingerprint density at radius 1 is 1.35 bits per heavy atom. The molecule has 4 amide bonds. The lowest BCUT2D eigenvalue weighted by Gasteiger charge is -2.13. The van der Waals surface area contributed by atoms with Crippen LogP contribution in [0.15, 0.2) is 34.5 Å². The maximum Gasteiger partial charge on any atom is 0.325 e. The van der Waals surface area contributed by atoms with Gasteiger partial charge in [-0.05, 0) is 50.7 Å². The first-order valence-electron chi connectivity index (χ1n) is 9.22. The third-order valence-electron chi connectivity index (χ3n) is 4.81. The second kappa shape index (κ2) is 8.69. The van der Waals surface area contributed by atoms with E-state index in [0.717, 1.165) is 24.2 Å². The lowest BCUT2D eigenvalue weighted by Crippen LogP contribution is -2.32. The Labute approximate surface area is 152 Å². The van der Waals surface area contributed by atoms with Crippen molar-refractivity contribution in [1.82, 2.24) is 15.5 Å². The van der Waals surface area contributed by atoms with Gasteiger partial charge in [-0.3, -0.25) is 14.5 Å². The third-order valence-corrected chi connectivity index (χ3v) is 4.81. The fraction of sp³-hybridized carbons (Fsp3) is 0.526. The van der Waals surface area contributed by atoms with Gasteiger partial charge in [0.05, 0.1) is 12.8 Å². The first-order chi connectivity index (χ1) is 12.6. The Bertz CT molecular complexity index is 681. The third kappa shape index (κ3) is 4.74. The van der Waals surface area contributed by atoms with Crippen molar-refractivity contribution in [3.05, 3.63) is 35.8 Å². The van der Waals surface area contributed by atoms with Gasteiger partial charge in [-0.15, -0.1) is 0 Å². The molecule has 7 nitrogen and oxygen atoms in total. The molecule has 3 rings (SSSR count). The summed E-state index contributed by atoms with van der Waals surface area (Å²) in [6.45, 7) is 0.732. The van der Waals surface area contributed by atoms with E-state index in [1.807, 2.05) is 0 Å². The van der Waals surface area contributed by atoms with Crippen LogP contribution >= 0.6 is 0 Å². The topological polar surface area (TPSA) is 91.7 Å². The summed E-state index contributed by atoms with van der Waals surface area (Å²) in [6, 6.07) is 2.33. The van der Waals surface area contributed by atoms with Gasteiger partial charge < -0.3 is 15.1 Å². The summed E-state index contributed by atoms with van der Waals surface area (Å²) >= 11 is 0. The summed E-state index contributed by atoms with van der Waals surface area (Å²) in [7, 11) is 0. The van der Waals surface area contributed by atoms with Crippen LogP contribution in [-0.4, -0.2) is 35.3 Å². The first-order valence-corrected chi connectivity index (χ1v) is 9.22. The Balaban J connectivity index is 1.38. The van der Waals surface area contributed by atoms with E-state index in [2.05, 4.69) is 16.7 Å².